The number of benzene rings is 2. The Balaban J connectivity index is 2.18. The fourth-order valence-electron chi connectivity index (χ4n) is 2.41. The number of nitrogens with zero attached hydrogens (tertiary/aromatic N) is 2. The smallest absolute Gasteiger partial charge is 0.325 e. The molecule has 2 aromatic carbocycles. The Hall–Kier alpha value is -2.53. The minimum absolute atomic E-state index is 0.0814. The van der Waals surface area contributed by atoms with Gasteiger partial charge in [0.2, 0.25) is 10.0 Å². The number of amides is 1. The van der Waals surface area contributed by atoms with Crippen LogP contribution in [0.2, 0.25) is 5.02 Å². The Kier molecular flexibility index (Phi) is 5.66. The van der Waals surface area contributed by atoms with E-state index in [2.05, 4.69) is 4.99 Å². The van der Waals surface area contributed by atoms with E-state index in [0.29, 0.717) is 20.8 Å². The van der Waals surface area contributed by atoms with E-state index in [1.54, 1.807) is 12.1 Å². The van der Waals surface area contributed by atoms with Crippen LogP contribution < -0.4 is 9.94 Å². The van der Waals surface area contributed by atoms with Crippen molar-refractivity contribution in [2.24, 2.45) is 10.1 Å². The van der Waals surface area contributed by atoms with Gasteiger partial charge >= 0.3 is 5.97 Å². The van der Waals surface area contributed by atoms with Crippen LogP contribution in [0.15, 0.2) is 52.4 Å². The molecule has 0 bridgehead atoms. The summed E-state index contributed by atoms with van der Waals surface area (Å²) in [6.07, 6.45) is 0. The van der Waals surface area contributed by atoms with Gasteiger partial charge in [0.15, 0.2) is 4.80 Å². The van der Waals surface area contributed by atoms with E-state index in [0.717, 1.165) is 11.3 Å². The number of aromatic nitrogens is 1. The topological polar surface area (TPSA) is 121 Å². The van der Waals surface area contributed by atoms with Crippen molar-refractivity contribution in [2.75, 3.05) is 7.11 Å². The molecule has 3 rings (SSSR count). The Morgan fingerprint density at radius 2 is 1.89 bits per heavy atom. The van der Waals surface area contributed by atoms with Crippen LogP contribution in [0.4, 0.5) is 0 Å². The second kappa shape index (κ2) is 7.84. The Morgan fingerprint density at radius 1 is 1.21 bits per heavy atom. The van der Waals surface area contributed by atoms with Gasteiger partial charge in [-0.2, -0.15) is 4.99 Å². The lowest BCUT2D eigenvalue weighted by molar-refractivity contribution is -0.141. The monoisotopic (exact) mass is 439 g/mol. The molecule has 0 aliphatic rings. The molecule has 0 spiro atoms. The Bertz CT molecular complexity index is 1240. The zero-order valence-corrected chi connectivity index (χ0v) is 16.8. The number of hydrogen-bond donors (Lipinski definition) is 1. The first-order valence-corrected chi connectivity index (χ1v) is 10.5. The van der Waals surface area contributed by atoms with Gasteiger partial charge in [-0.3, -0.25) is 9.59 Å². The Labute approximate surface area is 168 Å². The zero-order chi connectivity index (χ0) is 20.5. The van der Waals surface area contributed by atoms with Crippen molar-refractivity contribution in [1.82, 2.24) is 4.57 Å². The summed E-state index contributed by atoms with van der Waals surface area (Å²) in [7, 11) is -2.66. The highest BCUT2D eigenvalue weighted by molar-refractivity contribution is 7.89. The molecule has 0 saturated carbocycles. The van der Waals surface area contributed by atoms with E-state index in [9.17, 15) is 18.0 Å². The molecular weight excluding hydrogens is 426 g/mol. The number of methoxy groups -OCH3 is 1. The van der Waals surface area contributed by atoms with Crippen molar-refractivity contribution >= 4 is 55.1 Å². The molecule has 28 heavy (non-hydrogen) atoms. The molecule has 0 aliphatic heterocycles. The molecule has 0 radical (unpaired) electrons. The third kappa shape index (κ3) is 4.30. The predicted octanol–water partition coefficient (Wildman–Crippen LogP) is 1.92. The van der Waals surface area contributed by atoms with Crippen LogP contribution in [-0.4, -0.2) is 32.0 Å². The molecule has 0 aliphatic carbocycles. The molecule has 1 heterocycles. The Morgan fingerprint density at radius 3 is 2.50 bits per heavy atom. The number of fused-ring (bicyclic) bond motifs is 1. The van der Waals surface area contributed by atoms with Crippen LogP contribution in [0.1, 0.15) is 10.4 Å². The molecule has 0 unspecified atom stereocenters. The third-order valence-electron chi connectivity index (χ3n) is 3.79. The van der Waals surface area contributed by atoms with E-state index in [-0.39, 0.29) is 16.2 Å². The lowest BCUT2D eigenvalue weighted by atomic mass is 10.2. The summed E-state index contributed by atoms with van der Waals surface area (Å²) in [5.74, 6) is -1.08. The fourth-order valence-corrected chi connectivity index (χ4v) is 4.21. The van der Waals surface area contributed by atoms with Crippen molar-refractivity contribution in [1.29, 1.82) is 0 Å². The van der Waals surface area contributed by atoms with Gasteiger partial charge in [0.05, 0.1) is 22.2 Å². The average molecular weight is 440 g/mol. The summed E-state index contributed by atoms with van der Waals surface area (Å²) in [5, 5.41) is 5.65. The van der Waals surface area contributed by atoms with Gasteiger partial charge in [0, 0.05) is 10.6 Å². The van der Waals surface area contributed by atoms with E-state index in [1.807, 2.05) is 0 Å². The number of nitrogens with two attached hydrogens (primary N) is 1. The highest BCUT2D eigenvalue weighted by Gasteiger charge is 2.15. The van der Waals surface area contributed by atoms with Gasteiger partial charge in [-0.1, -0.05) is 22.9 Å². The van der Waals surface area contributed by atoms with Gasteiger partial charge in [-0.05, 0) is 42.5 Å². The van der Waals surface area contributed by atoms with Gasteiger partial charge in [-0.25, -0.2) is 13.6 Å². The van der Waals surface area contributed by atoms with Crippen LogP contribution in [0, 0.1) is 0 Å². The fraction of sp³-hybridized carbons (Fsp3) is 0.118. The van der Waals surface area contributed by atoms with E-state index in [1.165, 1.54) is 42.0 Å². The molecule has 146 valence electrons. The number of carbonyl (C=O) groups excluding carboxylic acids is 2. The predicted molar refractivity (Wildman–Crippen MR) is 105 cm³/mol. The number of hydrogen-bond acceptors (Lipinski definition) is 6. The second-order valence-electron chi connectivity index (χ2n) is 5.65. The lowest BCUT2D eigenvalue weighted by Gasteiger charge is -2.04. The summed E-state index contributed by atoms with van der Waals surface area (Å²) in [6.45, 7) is -0.196. The average Bonchev–Trinajstić information content (AvgIpc) is 2.97. The maximum atomic E-state index is 12.5. The van der Waals surface area contributed by atoms with Gasteiger partial charge in [0.1, 0.15) is 6.54 Å². The highest BCUT2D eigenvalue weighted by atomic mass is 35.5. The van der Waals surface area contributed by atoms with E-state index < -0.39 is 21.9 Å². The number of esters is 1. The number of rotatable bonds is 4. The summed E-state index contributed by atoms with van der Waals surface area (Å²) < 4.78 is 29.9. The molecule has 8 nitrogen and oxygen atoms in total. The van der Waals surface area contributed by atoms with Crippen LogP contribution >= 0.6 is 22.9 Å². The van der Waals surface area contributed by atoms with Crippen molar-refractivity contribution in [2.45, 2.75) is 11.4 Å². The van der Waals surface area contributed by atoms with Gasteiger partial charge < -0.3 is 9.30 Å². The number of primary sulfonamides is 1. The standard InChI is InChI=1S/C17H14ClN3O5S2/c1-26-15(22)9-21-13-7-6-12(28(19,24)25)8-14(13)27-17(21)20-16(23)10-2-4-11(18)5-3-10/h2-8H,9H2,1H3,(H2,19,24,25). The molecule has 11 heteroatoms. The number of ether oxygens (including phenoxy) is 1. The minimum atomic E-state index is -3.90. The summed E-state index contributed by atoms with van der Waals surface area (Å²) in [4.78, 5) is 28.5. The number of carbonyl (C=O) groups is 2. The summed E-state index contributed by atoms with van der Waals surface area (Å²) >= 11 is 6.88. The highest BCUT2D eigenvalue weighted by Crippen LogP contribution is 2.21. The maximum Gasteiger partial charge on any atom is 0.325 e. The van der Waals surface area contributed by atoms with E-state index >= 15 is 0 Å². The maximum absolute atomic E-state index is 12.5. The molecule has 0 atom stereocenters. The first-order valence-electron chi connectivity index (χ1n) is 7.76. The minimum Gasteiger partial charge on any atom is -0.468 e. The molecule has 1 aromatic heterocycles. The van der Waals surface area contributed by atoms with Gasteiger partial charge in [-0.15, -0.1) is 0 Å². The second-order valence-corrected chi connectivity index (χ2v) is 8.65. The summed E-state index contributed by atoms with van der Waals surface area (Å²) in [5.41, 5.74) is 0.835. The van der Waals surface area contributed by atoms with Crippen LogP contribution in [0.3, 0.4) is 0 Å². The number of halogens is 1. The zero-order valence-electron chi connectivity index (χ0n) is 14.5. The first-order chi connectivity index (χ1) is 13.2. The largest absolute Gasteiger partial charge is 0.468 e. The normalized spacial score (nSPS) is 12.3. The van der Waals surface area contributed by atoms with Crippen molar-refractivity contribution in [3.63, 3.8) is 0 Å². The van der Waals surface area contributed by atoms with Crippen molar-refractivity contribution in [3.05, 3.63) is 57.9 Å². The van der Waals surface area contributed by atoms with Crippen LogP contribution in [-0.2, 0) is 26.1 Å². The van der Waals surface area contributed by atoms with Crippen LogP contribution in [0.25, 0.3) is 10.2 Å². The SMILES string of the molecule is COC(=O)Cn1c(=NC(=O)c2ccc(Cl)cc2)sc2cc(S(N)(=O)=O)ccc21. The van der Waals surface area contributed by atoms with Gasteiger partial charge in [0.25, 0.3) is 5.91 Å². The molecular formula is C17H14ClN3O5S2. The molecule has 2 N–H and O–H groups in total. The van der Waals surface area contributed by atoms with Crippen LogP contribution in [0.5, 0.6) is 0 Å². The van der Waals surface area contributed by atoms with Crippen molar-refractivity contribution in [3.8, 4) is 0 Å². The van der Waals surface area contributed by atoms with Crippen molar-refractivity contribution < 1.29 is 22.7 Å². The van der Waals surface area contributed by atoms with E-state index in [4.69, 9.17) is 21.5 Å². The first kappa shape index (κ1) is 20.2. The molecule has 3 aromatic rings. The lowest BCUT2D eigenvalue weighted by Crippen LogP contribution is -2.22. The summed E-state index contributed by atoms with van der Waals surface area (Å²) in [6, 6.07) is 10.4. The molecule has 1 amide bonds. The third-order valence-corrected chi connectivity index (χ3v) is 5.99. The molecule has 0 saturated heterocycles. The number of thiazole rings is 1. The molecule has 0 fully saturated rings. The quantitative estimate of drug-likeness (QED) is 0.622. The number of sulfonamides is 1.